The highest BCUT2D eigenvalue weighted by atomic mass is 16.5. The van der Waals surface area contributed by atoms with Crippen molar-refractivity contribution in [3.8, 4) is 0 Å². The van der Waals surface area contributed by atoms with Crippen molar-refractivity contribution in [1.82, 2.24) is 4.90 Å². The summed E-state index contributed by atoms with van der Waals surface area (Å²) in [5.41, 5.74) is 1.04. The minimum Gasteiger partial charge on any atom is -0.460 e. The van der Waals surface area contributed by atoms with Gasteiger partial charge < -0.3 is 4.74 Å². The molecule has 2 atom stereocenters. The summed E-state index contributed by atoms with van der Waals surface area (Å²) in [5, 5.41) is 0. The maximum Gasteiger partial charge on any atom is 0.320 e. The molecule has 0 saturated heterocycles. The molecule has 3 rings (SSSR count). The van der Waals surface area contributed by atoms with E-state index in [1.165, 1.54) is 6.42 Å². The van der Waals surface area contributed by atoms with E-state index in [1.807, 2.05) is 30.3 Å². The van der Waals surface area contributed by atoms with Gasteiger partial charge in [-0.05, 0) is 23.8 Å². The number of allylic oxidation sites excluding steroid dienone is 1. The standard InChI is InChI=1S/C16H19NO2/c18-16(19-12-13-5-2-1-3-6-13)11-17-8-4-7-14-9-15(14)10-17/h1-7,14-15H,8-12H2/t14-,15-/m0/s1. The third-order valence-corrected chi connectivity index (χ3v) is 3.81. The van der Waals surface area contributed by atoms with Gasteiger partial charge in [0.15, 0.2) is 0 Å². The molecule has 1 aliphatic carbocycles. The number of carbonyl (C=O) groups is 1. The number of esters is 1. The highest BCUT2D eigenvalue weighted by molar-refractivity contribution is 5.71. The van der Waals surface area contributed by atoms with Crippen LogP contribution < -0.4 is 0 Å². The average Bonchev–Trinajstić information content (AvgIpc) is 3.16. The van der Waals surface area contributed by atoms with E-state index in [4.69, 9.17) is 4.74 Å². The number of nitrogens with zero attached hydrogens (tertiary/aromatic N) is 1. The number of hydrogen-bond acceptors (Lipinski definition) is 3. The maximum absolute atomic E-state index is 11.8. The minimum atomic E-state index is -0.128. The fraction of sp³-hybridized carbons (Fsp3) is 0.438. The molecule has 0 unspecified atom stereocenters. The first-order valence-corrected chi connectivity index (χ1v) is 6.90. The van der Waals surface area contributed by atoms with E-state index in [-0.39, 0.29) is 5.97 Å². The molecule has 1 heterocycles. The second kappa shape index (κ2) is 5.57. The quantitative estimate of drug-likeness (QED) is 0.612. The van der Waals surface area contributed by atoms with Crippen molar-refractivity contribution >= 4 is 5.97 Å². The van der Waals surface area contributed by atoms with E-state index in [9.17, 15) is 4.79 Å². The Morgan fingerprint density at radius 2 is 2.16 bits per heavy atom. The van der Waals surface area contributed by atoms with Crippen molar-refractivity contribution in [3.63, 3.8) is 0 Å². The Hall–Kier alpha value is -1.61. The molecule has 1 saturated carbocycles. The Labute approximate surface area is 113 Å². The minimum absolute atomic E-state index is 0.128. The van der Waals surface area contributed by atoms with Crippen LogP contribution in [0.3, 0.4) is 0 Å². The van der Waals surface area contributed by atoms with Gasteiger partial charge in [0, 0.05) is 13.1 Å². The molecular weight excluding hydrogens is 238 g/mol. The summed E-state index contributed by atoms with van der Waals surface area (Å²) in [7, 11) is 0. The average molecular weight is 257 g/mol. The van der Waals surface area contributed by atoms with Gasteiger partial charge in [0.1, 0.15) is 6.61 Å². The third-order valence-electron chi connectivity index (χ3n) is 3.81. The van der Waals surface area contributed by atoms with Gasteiger partial charge in [0.2, 0.25) is 0 Å². The summed E-state index contributed by atoms with van der Waals surface area (Å²) in [6, 6.07) is 9.81. The predicted molar refractivity (Wildman–Crippen MR) is 73.4 cm³/mol. The van der Waals surface area contributed by atoms with E-state index < -0.39 is 0 Å². The summed E-state index contributed by atoms with van der Waals surface area (Å²) in [6.45, 7) is 2.67. The number of fused-ring (bicyclic) bond motifs is 1. The van der Waals surface area contributed by atoms with Gasteiger partial charge >= 0.3 is 5.97 Å². The van der Waals surface area contributed by atoms with Crippen LogP contribution in [0.2, 0.25) is 0 Å². The molecule has 1 aromatic carbocycles. The van der Waals surface area contributed by atoms with Crippen molar-refractivity contribution in [3.05, 3.63) is 48.0 Å². The largest absolute Gasteiger partial charge is 0.460 e. The van der Waals surface area contributed by atoms with Gasteiger partial charge in [0.05, 0.1) is 6.54 Å². The van der Waals surface area contributed by atoms with Crippen molar-refractivity contribution in [2.75, 3.05) is 19.6 Å². The number of carbonyl (C=O) groups excluding carboxylic acids is 1. The topological polar surface area (TPSA) is 29.5 Å². The second-order valence-corrected chi connectivity index (χ2v) is 5.43. The van der Waals surface area contributed by atoms with Crippen LogP contribution in [-0.2, 0) is 16.1 Å². The Morgan fingerprint density at radius 3 is 3.00 bits per heavy atom. The molecule has 3 heteroatoms. The lowest BCUT2D eigenvalue weighted by atomic mass is 10.2. The summed E-state index contributed by atoms with van der Waals surface area (Å²) in [6.07, 6.45) is 5.76. The van der Waals surface area contributed by atoms with Crippen LogP contribution in [0.15, 0.2) is 42.5 Å². The van der Waals surface area contributed by atoms with Crippen molar-refractivity contribution in [2.24, 2.45) is 11.8 Å². The van der Waals surface area contributed by atoms with Gasteiger partial charge in [0.25, 0.3) is 0 Å². The zero-order valence-corrected chi connectivity index (χ0v) is 11.0. The van der Waals surface area contributed by atoms with E-state index in [2.05, 4.69) is 17.1 Å². The number of ether oxygens (including phenoxy) is 1. The molecule has 100 valence electrons. The number of hydrogen-bond donors (Lipinski definition) is 0. The van der Waals surface area contributed by atoms with Gasteiger partial charge in [-0.2, -0.15) is 0 Å². The van der Waals surface area contributed by atoms with Crippen LogP contribution in [-0.4, -0.2) is 30.5 Å². The van der Waals surface area contributed by atoms with Crippen LogP contribution in [0.4, 0.5) is 0 Å². The monoisotopic (exact) mass is 257 g/mol. The lowest BCUT2D eigenvalue weighted by Gasteiger charge is -2.18. The lowest BCUT2D eigenvalue weighted by molar-refractivity contribution is -0.146. The van der Waals surface area contributed by atoms with Gasteiger partial charge in [-0.25, -0.2) is 0 Å². The van der Waals surface area contributed by atoms with Crippen molar-refractivity contribution < 1.29 is 9.53 Å². The van der Waals surface area contributed by atoms with Crippen LogP contribution in [0.25, 0.3) is 0 Å². The predicted octanol–water partition coefficient (Wildman–Crippen LogP) is 2.24. The molecule has 0 bridgehead atoms. The fourth-order valence-corrected chi connectivity index (χ4v) is 2.60. The fourth-order valence-electron chi connectivity index (χ4n) is 2.60. The molecule has 3 nitrogen and oxygen atoms in total. The van der Waals surface area contributed by atoms with Gasteiger partial charge in [-0.15, -0.1) is 0 Å². The zero-order valence-electron chi connectivity index (χ0n) is 11.0. The lowest BCUT2D eigenvalue weighted by Crippen LogP contribution is -2.32. The summed E-state index contributed by atoms with van der Waals surface area (Å²) < 4.78 is 5.32. The van der Waals surface area contributed by atoms with Crippen LogP contribution in [0.1, 0.15) is 12.0 Å². The molecule has 1 fully saturated rings. The Morgan fingerprint density at radius 1 is 1.32 bits per heavy atom. The van der Waals surface area contributed by atoms with E-state index in [0.717, 1.165) is 30.5 Å². The molecule has 0 radical (unpaired) electrons. The van der Waals surface area contributed by atoms with Crippen LogP contribution in [0.5, 0.6) is 0 Å². The molecule has 0 N–H and O–H groups in total. The number of rotatable bonds is 4. The Bertz CT molecular complexity index is 469. The molecule has 1 aromatic rings. The summed E-state index contributed by atoms with van der Waals surface area (Å²) in [5.74, 6) is 1.40. The first-order chi connectivity index (χ1) is 9.31. The van der Waals surface area contributed by atoms with Crippen LogP contribution in [0, 0.1) is 11.8 Å². The highest BCUT2D eigenvalue weighted by Crippen LogP contribution is 2.41. The van der Waals surface area contributed by atoms with Gasteiger partial charge in [-0.3, -0.25) is 9.69 Å². The van der Waals surface area contributed by atoms with Gasteiger partial charge in [-0.1, -0.05) is 42.5 Å². The zero-order chi connectivity index (χ0) is 13.1. The van der Waals surface area contributed by atoms with Crippen LogP contribution >= 0.6 is 0 Å². The normalized spacial score (nSPS) is 25.5. The third kappa shape index (κ3) is 3.44. The Balaban J connectivity index is 1.44. The molecular formula is C16H19NO2. The SMILES string of the molecule is O=C(CN1CC=C[C@H]2C[C@H]2C1)OCc1ccccc1. The van der Waals surface area contributed by atoms with Crippen molar-refractivity contribution in [2.45, 2.75) is 13.0 Å². The molecule has 19 heavy (non-hydrogen) atoms. The van der Waals surface area contributed by atoms with E-state index in [1.54, 1.807) is 0 Å². The van der Waals surface area contributed by atoms with E-state index in [0.29, 0.717) is 13.2 Å². The summed E-state index contributed by atoms with van der Waals surface area (Å²) >= 11 is 0. The molecule has 2 aliphatic rings. The smallest absolute Gasteiger partial charge is 0.320 e. The molecule has 0 spiro atoms. The molecule has 0 amide bonds. The maximum atomic E-state index is 11.8. The molecule has 0 aromatic heterocycles. The second-order valence-electron chi connectivity index (χ2n) is 5.43. The first kappa shape index (κ1) is 12.4. The van der Waals surface area contributed by atoms with E-state index >= 15 is 0 Å². The summed E-state index contributed by atoms with van der Waals surface area (Å²) in [4.78, 5) is 14.0. The first-order valence-electron chi connectivity index (χ1n) is 6.90. The molecule has 1 aliphatic heterocycles. The number of benzene rings is 1. The van der Waals surface area contributed by atoms with Crippen molar-refractivity contribution in [1.29, 1.82) is 0 Å². The Kier molecular flexibility index (Phi) is 3.65. The highest BCUT2D eigenvalue weighted by Gasteiger charge is 2.37.